The first-order valence-corrected chi connectivity index (χ1v) is 6.94. The molecular formula is C13H18ClNOS. The van der Waals surface area contributed by atoms with Crippen LogP contribution in [-0.2, 0) is 4.79 Å². The molecule has 0 saturated heterocycles. The number of carbonyl (C=O) groups is 1. The van der Waals surface area contributed by atoms with Crippen LogP contribution in [0.1, 0.15) is 20.8 Å². The molecule has 0 spiro atoms. The van der Waals surface area contributed by atoms with Crippen molar-refractivity contribution in [3.63, 3.8) is 0 Å². The number of rotatable bonds is 5. The Kier molecular flexibility index (Phi) is 5.86. The second-order valence-corrected chi connectivity index (χ2v) is 6.20. The average molecular weight is 272 g/mol. The minimum Gasteiger partial charge on any atom is -0.355 e. The third-order valence-corrected chi connectivity index (χ3v) is 3.54. The van der Waals surface area contributed by atoms with Crippen molar-refractivity contribution in [3.05, 3.63) is 29.3 Å². The second-order valence-electron chi connectivity index (χ2n) is 4.35. The highest BCUT2D eigenvalue weighted by molar-refractivity contribution is 8.00. The normalized spacial score (nSPS) is 12.5. The highest BCUT2D eigenvalue weighted by Crippen LogP contribution is 2.24. The molecule has 1 N–H and O–H groups in total. The Morgan fingerprint density at radius 3 is 2.41 bits per heavy atom. The van der Waals surface area contributed by atoms with Gasteiger partial charge in [-0.25, -0.2) is 0 Å². The van der Waals surface area contributed by atoms with Crippen molar-refractivity contribution in [1.82, 2.24) is 5.32 Å². The van der Waals surface area contributed by atoms with Gasteiger partial charge in [-0.3, -0.25) is 4.79 Å². The molecule has 1 unspecified atom stereocenters. The summed E-state index contributed by atoms with van der Waals surface area (Å²) < 4.78 is 0. The third-order valence-electron chi connectivity index (χ3n) is 2.18. The van der Waals surface area contributed by atoms with Crippen molar-refractivity contribution in [2.24, 2.45) is 5.92 Å². The molecule has 0 radical (unpaired) electrons. The Morgan fingerprint density at radius 1 is 1.29 bits per heavy atom. The summed E-state index contributed by atoms with van der Waals surface area (Å²) in [5.74, 6) is 0.560. The molecule has 1 atom stereocenters. The first-order valence-electron chi connectivity index (χ1n) is 5.69. The molecule has 0 aliphatic heterocycles. The quantitative estimate of drug-likeness (QED) is 0.829. The van der Waals surface area contributed by atoms with E-state index in [0.717, 1.165) is 11.4 Å². The third kappa shape index (κ3) is 5.46. The minimum atomic E-state index is -0.0880. The van der Waals surface area contributed by atoms with E-state index in [9.17, 15) is 4.79 Å². The standard InChI is InChI=1S/C13H18ClNOS/c1-9(2)8-15-13(16)10(3)17-12-6-4-11(14)5-7-12/h4-7,9-10H,8H2,1-3H3,(H,15,16). The summed E-state index contributed by atoms with van der Waals surface area (Å²) in [5, 5.41) is 3.55. The van der Waals surface area contributed by atoms with Gasteiger partial charge in [0.05, 0.1) is 5.25 Å². The maximum absolute atomic E-state index is 11.8. The van der Waals surface area contributed by atoms with Crippen molar-refractivity contribution < 1.29 is 4.79 Å². The fourth-order valence-electron chi connectivity index (χ4n) is 1.22. The van der Waals surface area contributed by atoms with Crippen LogP contribution >= 0.6 is 23.4 Å². The number of hydrogen-bond acceptors (Lipinski definition) is 2. The van der Waals surface area contributed by atoms with E-state index < -0.39 is 0 Å². The number of benzene rings is 1. The van der Waals surface area contributed by atoms with Gasteiger partial charge in [-0.15, -0.1) is 11.8 Å². The number of thioether (sulfide) groups is 1. The zero-order valence-electron chi connectivity index (χ0n) is 10.4. The lowest BCUT2D eigenvalue weighted by molar-refractivity contribution is -0.120. The summed E-state index contributed by atoms with van der Waals surface area (Å²) >= 11 is 7.35. The fourth-order valence-corrected chi connectivity index (χ4v) is 2.24. The van der Waals surface area contributed by atoms with Gasteiger partial charge in [-0.2, -0.15) is 0 Å². The predicted molar refractivity (Wildman–Crippen MR) is 74.6 cm³/mol. The minimum absolute atomic E-state index is 0.0821. The van der Waals surface area contributed by atoms with Gasteiger partial charge in [-0.1, -0.05) is 25.4 Å². The Hall–Kier alpha value is -0.670. The van der Waals surface area contributed by atoms with E-state index >= 15 is 0 Å². The van der Waals surface area contributed by atoms with E-state index in [-0.39, 0.29) is 11.2 Å². The molecule has 17 heavy (non-hydrogen) atoms. The van der Waals surface area contributed by atoms with Crippen LogP contribution < -0.4 is 5.32 Å². The van der Waals surface area contributed by atoms with E-state index in [1.54, 1.807) is 11.8 Å². The smallest absolute Gasteiger partial charge is 0.233 e. The first-order chi connectivity index (χ1) is 7.99. The van der Waals surface area contributed by atoms with Crippen molar-refractivity contribution in [2.75, 3.05) is 6.54 Å². The number of amides is 1. The lowest BCUT2D eigenvalue weighted by Gasteiger charge is -2.13. The van der Waals surface area contributed by atoms with Crippen LogP contribution in [0.15, 0.2) is 29.2 Å². The molecule has 2 nitrogen and oxygen atoms in total. The van der Waals surface area contributed by atoms with Crippen LogP contribution in [0.4, 0.5) is 0 Å². The Balaban J connectivity index is 2.45. The van der Waals surface area contributed by atoms with Crippen LogP contribution in [0.25, 0.3) is 0 Å². The molecule has 0 heterocycles. The number of halogens is 1. The fraction of sp³-hybridized carbons (Fsp3) is 0.462. The molecule has 4 heteroatoms. The van der Waals surface area contributed by atoms with Crippen LogP contribution in [0.5, 0.6) is 0 Å². The first kappa shape index (κ1) is 14.4. The summed E-state index contributed by atoms with van der Waals surface area (Å²) in [6, 6.07) is 7.53. The zero-order valence-corrected chi connectivity index (χ0v) is 11.9. The molecule has 0 aromatic heterocycles. The van der Waals surface area contributed by atoms with Gasteiger partial charge in [0.25, 0.3) is 0 Å². The number of carbonyl (C=O) groups excluding carboxylic acids is 1. The van der Waals surface area contributed by atoms with Gasteiger partial charge < -0.3 is 5.32 Å². The SMILES string of the molecule is CC(C)CNC(=O)C(C)Sc1ccc(Cl)cc1. The van der Waals surface area contributed by atoms with Crippen LogP contribution in [0.3, 0.4) is 0 Å². The topological polar surface area (TPSA) is 29.1 Å². The van der Waals surface area contributed by atoms with Gasteiger partial charge in [-0.05, 0) is 37.1 Å². The zero-order chi connectivity index (χ0) is 12.8. The Morgan fingerprint density at radius 2 is 1.88 bits per heavy atom. The Labute approximate surface area is 112 Å². The van der Waals surface area contributed by atoms with Crippen molar-refractivity contribution >= 4 is 29.3 Å². The molecule has 1 aromatic rings. The van der Waals surface area contributed by atoms with Crippen LogP contribution in [0, 0.1) is 5.92 Å². The van der Waals surface area contributed by atoms with Crippen LogP contribution in [0.2, 0.25) is 5.02 Å². The van der Waals surface area contributed by atoms with Gasteiger partial charge in [0.15, 0.2) is 0 Å². The summed E-state index contributed by atoms with van der Waals surface area (Å²) in [6.07, 6.45) is 0. The van der Waals surface area contributed by atoms with E-state index in [1.807, 2.05) is 31.2 Å². The summed E-state index contributed by atoms with van der Waals surface area (Å²) in [5.41, 5.74) is 0. The molecule has 1 rings (SSSR count). The lowest BCUT2D eigenvalue weighted by atomic mass is 10.2. The molecule has 0 fully saturated rings. The summed E-state index contributed by atoms with van der Waals surface area (Å²) in [7, 11) is 0. The van der Waals surface area contributed by atoms with Gasteiger partial charge >= 0.3 is 0 Å². The molecule has 0 saturated carbocycles. The van der Waals surface area contributed by atoms with Crippen molar-refractivity contribution in [3.8, 4) is 0 Å². The predicted octanol–water partition coefficient (Wildman–Crippen LogP) is 3.59. The summed E-state index contributed by atoms with van der Waals surface area (Å²) in [6.45, 7) is 6.80. The highest BCUT2D eigenvalue weighted by Gasteiger charge is 2.13. The lowest BCUT2D eigenvalue weighted by Crippen LogP contribution is -2.33. The molecule has 1 amide bonds. The molecule has 0 aliphatic rings. The molecule has 1 aromatic carbocycles. The van der Waals surface area contributed by atoms with Crippen molar-refractivity contribution in [1.29, 1.82) is 0 Å². The largest absolute Gasteiger partial charge is 0.355 e. The monoisotopic (exact) mass is 271 g/mol. The van der Waals surface area contributed by atoms with Gasteiger partial charge in [0.2, 0.25) is 5.91 Å². The number of nitrogens with one attached hydrogen (secondary N) is 1. The summed E-state index contributed by atoms with van der Waals surface area (Å²) in [4.78, 5) is 12.8. The second kappa shape index (κ2) is 6.92. The highest BCUT2D eigenvalue weighted by atomic mass is 35.5. The van der Waals surface area contributed by atoms with E-state index in [2.05, 4.69) is 19.2 Å². The van der Waals surface area contributed by atoms with Crippen molar-refractivity contribution in [2.45, 2.75) is 30.9 Å². The molecule has 0 bridgehead atoms. The average Bonchev–Trinajstić information content (AvgIpc) is 2.28. The van der Waals surface area contributed by atoms with Crippen LogP contribution in [-0.4, -0.2) is 17.7 Å². The van der Waals surface area contributed by atoms with Gasteiger partial charge in [0, 0.05) is 16.5 Å². The molecule has 94 valence electrons. The maximum Gasteiger partial charge on any atom is 0.233 e. The van der Waals surface area contributed by atoms with E-state index in [1.165, 1.54) is 0 Å². The maximum atomic E-state index is 11.8. The Bertz CT molecular complexity index is 364. The van der Waals surface area contributed by atoms with Gasteiger partial charge in [0.1, 0.15) is 0 Å². The number of hydrogen-bond donors (Lipinski definition) is 1. The molecular weight excluding hydrogens is 254 g/mol. The van der Waals surface area contributed by atoms with E-state index in [4.69, 9.17) is 11.6 Å². The molecule has 0 aliphatic carbocycles. The van der Waals surface area contributed by atoms with E-state index in [0.29, 0.717) is 10.9 Å².